The highest BCUT2D eigenvalue weighted by Gasteiger charge is 2.24. The van der Waals surface area contributed by atoms with Gasteiger partial charge in [0, 0.05) is 13.6 Å². The van der Waals surface area contributed by atoms with Crippen LogP contribution in [0.2, 0.25) is 0 Å². The van der Waals surface area contributed by atoms with Crippen LogP contribution in [-0.4, -0.2) is 33.4 Å². The first kappa shape index (κ1) is 15.2. The molecule has 0 amide bonds. The Labute approximate surface area is 109 Å². The zero-order valence-corrected chi connectivity index (χ0v) is 12.3. The second-order valence-electron chi connectivity index (χ2n) is 4.76. The van der Waals surface area contributed by atoms with Gasteiger partial charge in [-0.25, -0.2) is 8.42 Å². The van der Waals surface area contributed by atoms with Gasteiger partial charge in [-0.3, -0.25) is 0 Å². The van der Waals surface area contributed by atoms with Gasteiger partial charge in [0.05, 0.1) is 6.54 Å². The Morgan fingerprint density at radius 3 is 2.61 bits per heavy atom. The number of hydrogen-bond acceptors (Lipinski definition) is 4. The molecule has 18 heavy (non-hydrogen) atoms. The lowest BCUT2D eigenvalue weighted by molar-refractivity contribution is 0.375. The molecule has 1 rings (SSSR count). The molecule has 0 aliphatic carbocycles. The molecular formula is C12H22N2O3S. The number of furan rings is 1. The van der Waals surface area contributed by atoms with Gasteiger partial charge in [-0.1, -0.05) is 13.8 Å². The molecule has 0 aliphatic rings. The summed E-state index contributed by atoms with van der Waals surface area (Å²) in [5.74, 6) is 1.09. The molecule has 6 heteroatoms. The first-order valence-corrected chi connectivity index (χ1v) is 7.51. The molecule has 1 aromatic heterocycles. The highest BCUT2D eigenvalue weighted by atomic mass is 32.2. The molecule has 0 aliphatic heterocycles. The highest BCUT2D eigenvalue weighted by molar-refractivity contribution is 7.89. The van der Waals surface area contributed by atoms with E-state index in [4.69, 9.17) is 4.42 Å². The predicted molar refractivity (Wildman–Crippen MR) is 70.7 cm³/mol. The fraction of sp³-hybridized carbons (Fsp3) is 0.667. The normalized spacial score (nSPS) is 12.6. The van der Waals surface area contributed by atoms with Crippen LogP contribution in [0.5, 0.6) is 0 Å². The lowest BCUT2D eigenvalue weighted by atomic mass is 10.1. The molecular weight excluding hydrogens is 252 g/mol. The molecule has 0 unspecified atom stereocenters. The number of sulfonamides is 1. The van der Waals surface area contributed by atoms with Crippen molar-refractivity contribution in [2.45, 2.75) is 31.9 Å². The summed E-state index contributed by atoms with van der Waals surface area (Å²) in [6, 6.07) is 3.19. The molecule has 0 atom stereocenters. The largest absolute Gasteiger partial charge is 0.447 e. The third-order valence-corrected chi connectivity index (χ3v) is 4.41. The van der Waals surface area contributed by atoms with Gasteiger partial charge in [-0.05, 0) is 31.5 Å². The van der Waals surface area contributed by atoms with E-state index in [1.54, 1.807) is 20.2 Å². The van der Waals surface area contributed by atoms with E-state index in [0.29, 0.717) is 24.8 Å². The van der Waals surface area contributed by atoms with Crippen molar-refractivity contribution in [2.24, 2.45) is 5.92 Å². The molecule has 0 radical (unpaired) electrons. The molecule has 0 saturated carbocycles. The van der Waals surface area contributed by atoms with E-state index < -0.39 is 10.0 Å². The van der Waals surface area contributed by atoms with Crippen molar-refractivity contribution in [1.29, 1.82) is 0 Å². The summed E-state index contributed by atoms with van der Waals surface area (Å²) in [4.78, 5) is 0. The fourth-order valence-corrected chi connectivity index (χ4v) is 2.59. The SMILES string of the molecule is CNCc1ccc(S(=O)(=O)N(C)CCC(C)C)o1. The van der Waals surface area contributed by atoms with Crippen molar-refractivity contribution in [3.63, 3.8) is 0 Å². The van der Waals surface area contributed by atoms with Crippen LogP contribution in [0.3, 0.4) is 0 Å². The quantitative estimate of drug-likeness (QED) is 0.821. The zero-order chi connectivity index (χ0) is 13.8. The molecule has 0 spiro atoms. The van der Waals surface area contributed by atoms with Crippen LogP contribution in [0.15, 0.2) is 21.6 Å². The first-order valence-electron chi connectivity index (χ1n) is 6.07. The lowest BCUT2D eigenvalue weighted by Gasteiger charge is -2.16. The van der Waals surface area contributed by atoms with Crippen LogP contribution >= 0.6 is 0 Å². The van der Waals surface area contributed by atoms with E-state index in [0.717, 1.165) is 6.42 Å². The Morgan fingerprint density at radius 2 is 2.06 bits per heavy atom. The number of nitrogens with zero attached hydrogens (tertiary/aromatic N) is 1. The summed E-state index contributed by atoms with van der Waals surface area (Å²) < 4.78 is 31.0. The van der Waals surface area contributed by atoms with Gasteiger partial charge in [0.15, 0.2) is 0 Å². The van der Waals surface area contributed by atoms with Gasteiger partial charge >= 0.3 is 0 Å². The Balaban J connectivity index is 2.77. The van der Waals surface area contributed by atoms with E-state index in [1.165, 1.54) is 10.4 Å². The molecule has 104 valence electrons. The maximum atomic E-state index is 12.2. The molecule has 5 nitrogen and oxygen atoms in total. The van der Waals surface area contributed by atoms with Crippen molar-refractivity contribution in [2.75, 3.05) is 20.6 Å². The number of hydrogen-bond donors (Lipinski definition) is 1. The molecule has 0 aromatic carbocycles. The van der Waals surface area contributed by atoms with Crippen LogP contribution in [0.25, 0.3) is 0 Å². The van der Waals surface area contributed by atoms with Gasteiger partial charge in [0.2, 0.25) is 5.09 Å². The van der Waals surface area contributed by atoms with Crippen LogP contribution in [0.1, 0.15) is 26.0 Å². The third-order valence-electron chi connectivity index (χ3n) is 2.67. The Kier molecular flexibility index (Phi) is 5.37. The maximum absolute atomic E-state index is 12.2. The summed E-state index contributed by atoms with van der Waals surface area (Å²) in [6.45, 7) is 5.16. The predicted octanol–water partition coefficient (Wildman–Crippen LogP) is 1.67. The fourth-order valence-electron chi connectivity index (χ4n) is 1.48. The first-order chi connectivity index (χ1) is 8.37. The Hall–Kier alpha value is -0.850. The standard InChI is InChI=1S/C12H22N2O3S/c1-10(2)7-8-14(4)18(15,16)12-6-5-11(17-12)9-13-3/h5-6,10,13H,7-9H2,1-4H3. The van der Waals surface area contributed by atoms with Gasteiger partial charge in [0.1, 0.15) is 5.76 Å². The van der Waals surface area contributed by atoms with Crippen LogP contribution in [0, 0.1) is 5.92 Å². The molecule has 0 bridgehead atoms. The second kappa shape index (κ2) is 6.36. The van der Waals surface area contributed by atoms with Crippen LogP contribution < -0.4 is 5.32 Å². The van der Waals surface area contributed by atoms with Crippen molar-refractivity contribution in [3.05, 3.63) is 17.9 Å². The average molecular weight is 274 g/mol. The van der Waals surface area contributed by atoms with E-state index in [1.807, 2.05) is 0 Å². The average Bonchev–Trinajstić information content (AvgIpc) is 2.75. The van der Waals surface area contributed by atoms with Crippen molar-refractivity contribution in [1.82, 2.24) is 9.62 Å². The third kappa shape index (κ3) is 3.83. The highest BCUT2D eigenvalue weighted by Crippen LogP contribution is 2.18. The van der Waals surface area contributed by atoms with Crippen molar-refractivity contribution in [3.8, 4) is 0 Å². The minimum absolute atomic E-state index is 0.0130. The van der Waals surface area contributed by atoms with Gasteiger partial charge in [-0.2, -0.15) is 4.31 Å². The van der Waals surface area contributed by atoms with E-state index in [9.17, 15) is 8.42 Å². The monoisotopic (exact) mass is 274 g/mol. The second-order valence-corrected chi connectivity index (χ2v) is 6.74. The van der Waals surface area contributed by atoms with Gasteiger partial charge in [0.25, 0.3) is 10.0 Å². The minimum atomic E-state index is -3.49. The van der Waals surface area contributed by atoms with Crippen molar-refractivity contribution >= 4 is 10.0 Å². The number of rotatable bonds is 7. The van der Waals surface area contributed by atoms with Crippen LogP contribution in [-0.2, 0) is 16.6 Å². The van der Waals surface area contributed by atoms with Gasteiger partial charge in [-0.15, -0.1) is 0 Å². The van der Waals surface area contributed by atoms with Crippen molar-refractivity contribution < 1.29 is 12.8 Å². The summed E-state index contributed by atoms with van der Waals surface area (Å²) in [5, 5.41) is 2.93. The smallest absolute Gasteiger partial charge is 0.276 e. The molecule has 1 heterocycles. The molecule has 0 fully saturated rings. The molecule has 1 aromatic rings. The zero-order valence-electron chi connectivity index (χ0n) is 11.4. The minimum Gasteiger partial charge on any atom is -0.447 e. The van der Waals surface area contributed by atoms with Crippen LogP contribution in [0.4, 0.5) is 0 Å². The van der Waals surface area contributed by atoms with E-state index in [-0.39, 0.29) is 5.09 Å². The summed E-state index contributed by atoms with van der Waals surface area (Å²) in [5.41, 5.74) is 0. The van der Waals surface area contributed by atoms with E-state index in [2.05, 4.69) is 19.2 Å². The maximum Gasteiger partial charge on any atom is 0.276 e. The van der Waals surface area contributed by atoms with Gasteiger partial charge < -0.3 is 9.73 Å². The summed E-state index contributed by atoms with van der Waals surface area (Å²) in [6.07, 6.45) is 0.833. The Bertz CT molecular complexity index is 465. The lowest BCUT2D eigenvalue weighted by Crippen LogP contribution is -2.28. The van der Waals surface area contributed by atoms with E-state index >= 15 is 0 Å². The number of nitrogens with one attached hydrogen (secondary N) is 1. The summed E-state index contributed by atoms with van der Waals surface area (Å²) >= 11 is 0. The molecule has 0 saturated heterocycles. The summed E-state index contributed by atoms with van der Waals surface area (Å²) in [7, 11) is -0.129. The topological polar surface area (TPSA) is 62.6 Å². The molecule has 1 N–H and O–H groups in total. The Morgan fingerprint density at radius 1 is 1.39 bits per heavy atom.